The molecule has 0 fully saturated rings. The average molecular weight is 349 g/mol. The summed E-state index contributed by atoms with van der Waals surface area (Å²) in [5.41, 5.74) is 8.40. The third kappa shape index (κ3) is 6.97. The lowest BCUT2D eigenvalue weighted by Crippen LogP contribution is -2.25. The Morgan fingerprint density at radius 3 is 2.68 bits per heavy atom. The van der Waals surface area contributed by atoms with Gasteiger partial charge in [-0.3, -0.25) is 4.79 Å². The quantitative estimate of drug-likeness (QED) is 0.530. The van der Waals surface area contributed by atoms with Gasteiger partial charge >= 0.3 is 0 Å². The third-order valence-electron chi connectivity index (χ3n) is 3.34. The molecular formula is C19H28FN3O2. The molecule has 0 unspecified atom stereocenters. The SMILES string of the molecule is C/C(=C\C(N)=C(\Nc1ccc(C)cc1F)N(C)C=O)COCC(C)C. The molecule has 1 rings (SSSR count). The molecule has 0 bridgehead atoms. The highest BCUT2D eigenvalue weighted by Crippen LogP contribution is 2.19. The van der Waals surface area contributed by atoms with Crippen LogP contribution in [-0.2, 0) is 9.53 Å². The van der Waals surface area contributed by atoms with Crippen molar-refractivity contribution in [3.8, 4) is 0 Å². The average Bonchev–Trinajstić information content (AvgIpc) is 2.52. The standard InChI is InChI=1S/C19H28FN3O2/c1-13(2)10-25-11-15(4)9-17(21)19(23(5)12-24)22-18-7-6-14(3)8-16(18)20/h6-9,12-13,22H,10-11,21H2,1-5H3/b15-9+,19-17+. The van der Waals surface area contributed by atoms with E-state index in [1.54, 1.807) is 32.2 Å². The van der Waals surface area contributed by atoms with Crippen molar-refractivity contribution >= 4 is 12.1 Å². The number of hydrogen-bond donors (Lipinski definition) is 2. The minimum Gasteiger partial charge on any atom is -0.396 e. The molecule has 0 radical (unpaired) electrons. The van der Waals surface area contributed by atoms with Gasteiger partial charge in [0.15, 0.2) is 0 Å². The summed E-state index contributed by atoms with van der Waals surface area (Å²) in [5.74, 6) is 0.343. The molecule has 1 aromatic rings. The van der Waals surface area contributed by atoms with Crippen molar-refractivity contribution in [3.63, 3.8) is 0 Å². The van der Waals surface area contributed by atoms with E-state index >= 15 is 0 Å². The maximum atomic E-state index is 14.1. The van der Waals surface area contributed by atoms with Crippen LogP contribution in [0.25, 0.3) is 0 Å². The van der Waals surface area contributed by atoms with Gasteiger partial charge in [-0.05, 0) is 49.1 Å². The van der Waals surface area contributed by atoms with Crippen LogP contribution in [0.3, 0.4) is 0 Å². The Morgan fingerprint density at radius 1 is 1.44 bits per heavy atom. The number of carbonyl (C=O) groups excluding carboxylic acids is 1. The van der Waals surface area contributed by atoms with Crippen molar-refractivity contribution < 1.29 is 13.9 Å². The van der Waals surface area contributed by atoms with Crippen LogP contribution in [0.1, 0.15) is 26.3 Å². The fraction of sp³-hybridized carbons (Fsp3) is 0.421. The van der Waals surface area contributed by atoms with Gasteiger partial charge in [0, 0.05) is 13.7 Å². The number of anilines is 1. The van der Waals surface area contributed by atoms with Gasteiger partial charge in [0.25, 0.3) is 0 Å². The largest absolute Gasteiger partial charge is 0.396 e. The number of allylic oxidation sites excluding steroid dienone is 1. The molecule has 0 saturated carbocycles. The number of nitrogens with two attached hydrogens (primary N) is 1. The molecule has 5 nitrogen and oxygen atoms in total. The van der Waals surface area contributed by atoms with Gasteiger partial charge in [-0.15, -0.1) is 0 Å². The molecule has 25 heavy (non-hydrogen) atoms. The number of amides is 1. The highest BCUT2D eigenvalue weighted by molar-refractivity contribution is 5.58. The first-order valence-corrected chi connectivity index (χ1v) is 8.20. The van der Waals surface area contributed by atoms with Crippen LogP contribution in [0.5, 0.6) is 0 Å². The number of carbonyl (C=O) groups is 1. The fourth-order valence-corrected chi connectivity index (χ4v) is 2.10. The summed E-state index contributed by atoms with van der Waals surface area (Å²) in [6.07, 6.45) is 2.33. The van der Waals surface area contributed by atoms with Crippen molar-refractivity contribution in [2.45, 2.75) is 27.7 Å². The molecular weight excluding hydrogens is 321 g/mol. The number of hydrogen-bond acceptors (Lipinski definition) is 4. The van der Waals surface area contributed by atoms with Gasteiger partial charge in [0.2, 0.25) is 6.41 Å². The monoisotopic (exact) mass is 349 g/mol. The lowest BCUT2D eigenvalue weighted by molar-refractivity contribution is -0.115. The van der Waals surface area contributed by atoms with Crippen LogP contribution in [0.4, 0.5) is 10.1 Å². The smallest absolute Gasteiger partial charge is 0.215 e. The van der Waals surface area contributed by atoms with E-state index in [0.717, 1.165) is 11.1 Å². The van der Waals surface area contributed by atoms with Crippen molar-refractivity contribution in [3.05, 3.63) is 52.7 Å². The molecule has 0 aliphatic heterocycles. The summed E-state index contributed by atoms with van der Waals surface area (Å²) in [5, 5.41) is 2.89. The number of halogens is 1. The van der Waals surface area contributed by atoms with Crippen LogP contribution >= 0.6 is 0 Å². The number of nitrogens with one attached hydrogen (secondary N) is 1. The van der Waals surface area contributed by atoms with Gasteiger partial charge in [-0.1, -0.05) is 19.9 Å². The Labute approximate surface area is 149 Å². The molecule has 0 saturated heterocycles. The zero-order valence-electron chi connectivity index (χ0n) is 15.6. The summed E-state index contributed by atoms with van der Waals surface area (Å²) in [7, 11) is 1.55. The second-order valence-corrected chi connectivity index (χ2v) is 6.53. The van der Waals surface area contributed by atoms with E-state index in [-0.39, 0.29) is 5.69 Å². The maximum Gasteiger partial charge on any atom is 0.215 e. The normalized spacial score (nSPS) is 12.8. The number of rotatable bonds is 9. The van der Waals surface area contributed by atoms with Gasteiger partial charge in [0.05, 0.1) is 18.0 Å². The first-order valence-electron chi connectivity index (χ1n) is 8.20. The summed E-state index contributed by atoms with van der Waals surface area (Å²) in [6.45, 7) is 8.94. The highest BCUT2D eigenvalue weighted by atomic mass is 19.1. The van der Waals surface area contributed by atoms with E-state index in [1.165, 1.54) is 11.0 Å². The molecule has 1 amide bonds. The zero-order valence-corrected chi connectivity index (χ0v) is 15.6. The number of benzene rings is 1. The van der Waals surface area contributed by atoms with Crippen molar-refractivity contribution in [2.75, 3.05) is 25.6 Å². The Kier molecular flexibility index (Phi) is 8.15. The summed E-state index contributed by atoms with van der Waals surface area (Å²) in [4.78, 5) is 12.4. The van der Waals surface area contributed by atoms with E-state index in [1.807, 2.05) is 6.92 Å². The molecule has 0 atom stereocenters. The van der Waals surface area contributed by atoms with Crippen molar-refractivity contribution in [1.29, 1.82) is 0 Å². The van der Waals surface area contributed by atoms with Crippen molar-refractivity contribution in [1.82, 2.24) is 4.90 Å². The summed E-state index contributed by atoms with van der Waals surface area (Å²) < 4.78 is 19.6. The van der Waals surface area contributed by atoms with Crippen LogP contribution in [0, 0.1) is 18.7 Å². The van der Waals surface area contributed by atoms with Gasteiger partial charge in [0.1, 0.15) is 11.6 Å². The fourth-order valence-electron chi connectivity index (χ4n) is 2.10. The lowest BCUT2D eigenvalue weighted by Gasteiger charge is -2.20. The minimum absolute atomic E-state index is 0.249. The van der Waals surface area contributed by atoms with Crippen LogP contribution in [-0.4, -0.2) is 31.6 Å². The Hall–Kier alpha value is -2.34. The Balaban J connectivity index is 3.02. The summed E-state index contributed by atoms with van der Waals surface area (Å²) in [6, 6.07) is 4.80. The van der Waals surface area contributed by atoms with E-state index in [0.29, 0.717) is 37.1 Å². The molecule has 0 aromatic heterocycles. The molecule has 3 N–H and O–H groups in total. The van der Waals surface area contributed by atoms with Gasteiger partial charge < -0.3 is 20.7 Å². The number of nitrogens with zero attached hydrogens (tertiary/aromatic N) is 1. The molecule has 0 aliphatic carbocycles. The van der Waals surface area contributed by atoms with E-state index < -0.39 is 5.82 Å². The van der Waals surface area contributed by atoms with Gasteiger partial charge in [-0.25, -0.2) is 4.39 Å². The molecule has 0 aliphatic rings. The zero-order chi connectivity index (χ0) is 19.0. The maximum absolute atomic E-state index is 14.1. The highest BCUT2D eigenvalue weighted by Gasteiger charge is 2.11. The van der Waals surface area contributed by atoms with E-state index in [9.17, 15) is 9.18 Å². The van der Waals surface area contributed by atoms with Crippen LogP contribution < -0.4 is 11.1 Å². The molecule has 138 valence electrons. The molecule has 0 spiro atoms. The second-order valence-electron chi connectivity index (χ2n) is 6.53. The third-order valence-corrected chi connectivity index (χ3v) is 3.34. The predicted molar refractivity (Wildman–Crippen MR) is 99.2 cm³/mol. The van der Waals surface area contributed by atoms with Crippen molar-refractivity contribution in [2.24, 2.45) is 11.7 Å². The first kappa shape index (κ1) is 20.7. The summed E-state index contributed by atoms with van der Waals surface area (Å²) >= 11 is 0. The van der Waals surface area contributed by atoms with E-state index in [2.05, 4.69) is 19.2 Å². The predicted octanol–water partition coefficient (Wildman–Crippen LogP) is 3.38. The Bertz CT molecular complexity index is 654. The van der Waals surface area contributed by atoms with Gasteiger partial charge in [-0.2, -0.15) is 0 Å². The molecule has 6 heteroatoms. The minimum atomic E-state index is -0.412. The van der Waals surface area contributed by atoms with E-state index in [4.69, 9.17) is 10.5 Å². The molecule has 0 heterocycles. The number of ether oxygens (including phenoxy) is 1. The Morgan fingerprint density at radius 2 is 2.12 bits per heavy atom. The number of aryl methyl sites for hydroxylation is 1. The van der Waals surface area contributed by atoms with Crippen LogP contribution in [0.2, 0.25) is 0 Å². The lowest BCUT2D eigenvalue weighted by atomic mass is 10.2. The second kappa shape index (κ2) is 9.84. The topological polar surface area (TPSA) is 67.6 Å². The first-order chi connectivity index (χ1) is 11.7. The molecule has 1 aromatic carbocycles. The van der Waals surface area contributed by atoms with Crippen LogP contribution in [0.15, 0.2) is 41.4 Å².